The fourth-order valence-electron chi connectivity index (χ4n) is 3.56. The van der Waals surface area contributed by atoms with Gasteiger partial charge < -0.3 is 0 Å². The van der Waals surface area contributed by atoms with Gasteiger partial charge in [-0.05, 0) is 68.2 Å². The van der Waals surface area contributed by atoms with Crippen molar-refractivity contribution in [2.45, 2.75) is 128 Å². The number of unbranched alkanes of at least 4 members (excludes halogenated alkanes) is 1. The molecule has 0 aliphatic carbocycles. The Morgan fingerprint density at radius 1 is 0.682 bits per heavy atom. The van der Waals surface area contributed by atoms with E-state index in [2.05, 4.69) is 150 Å². The topological polar surface area (TPSA) is 0 Å². The fraction of sp³-hybridized carbons (Fsp3) is 0.455. The Kier molecular flexibility index (Phi) is 45.3. The van der Waals surface area contributed by atoms with Crippen molar-refractivity contribution in [3.05, 3.63) is 126 Å². The first-order valence-corrected chi connectivity index (χ1v) is 17.2. The summed E-state index contributed by atoms with van der Waals surface area (Å²) < 4.78 is 0. The quantitative estimate of drug-likeness (QED) is 0.170. The third kappa shape index (κ3) is 31.6. The number of benzene rings is 3. The second kappa shape index (κ2) is 41.8. The summed E-state index contributed by atoms with van der Waals surface area (Å²) in [5, 5.41) is 0. The zero-order chi connectivity index (χ0) is 34.3. The summed E-state index contributed by atoms with van der Waals surface area (Å²) >= 11 is 0. The largest absolute Gasteiger partial charge is 0.107 e. The average Bonchev–Trinajstić information content (AvgIpc) is 3.10. The third-order valence-corrected chi connectivity index (χ3v) is 5.97. The molecule has 0 heteroatoms. The molecule has 3 aromatic carbocycles. The summed E-state index contributed by atoms with van der Waals surface area (Å²) in [5.41, 5.74) is 5.36. The molecule has 0 saturated carbocycles. The van der Waals surface area contributed by atoms with E-state index in [1.165, 1.54) is 60.8 Å². The van der Waals surface area contributed by atoms with E-state index in [9.17, 15) is 0 Å². The maximum atomic E-state index is 3.36. The molecule has 246 valence electrons. The van der Waals surface area contributed by atoms with Gasteiger partial charge in [-0.2, -0.15) is 0 Å². The molecule has 0 spiro atoms. The Hall–Kier alpha value is -3.30. The van der Waals surface area contributed by atoms with E-state index < -0.39 is 0 Å². The summed E-state index contributed by atoms with van der Waals surface area (Å²) in [7, 11) is 0. The molecule has 44 heavy (non-hydrogen) atoms. The summed E-state index contributed by atoms with van der Waals surface area (Å²) in [6.45, 7) is 28.1. The van der Waals surface area contributed by atoms with Crippen LogP contribution in [0.4, 0.5) is 0 Å². The predicted octanol–water partition coefficient (Wildman–Crippen LogP) is 14.7. The molecule has 3 rings (SSSR count). The van der Waals surface area contributed by atoms with Crippen molar-refractivity contribution < 1.29 is 0 Å². The lowest BCUT2D eigenvalue weighted by Crippen LogP contribution is -1.88. The lowest BCUT2D eigenvalue weighted by atomic mass is 9.97. The molecule has 3 aromatic rings. The van der Waals surface area contributed by atoms with E-state index in [0.29, 0.717) is 0 Å². The molecular formula is C44H70. The van der Waals surface area contributed by atoms with Gasteiger partial charge in [0, 0.05) is 0 Å². The van der Waals surface area contributed by atoms with Gasteiger partial charge in [-0.25, -0.2) is 0 Å². The zero-order valence-electron chi connectivity index (χ0n) is 31.0. The van der Waals surface area contributed by atoms with Crippen LogP contribution in [0.15, 0.2) is 110 Å². The number of allylic oxidation sites excluding steroid dienone is 2. The minimum Gasteiger partial charge on any atom is -0.107 e. The van der Waals surface area contributed by atoms with Gasteiger partial charge in [0.05, 0.1) is 0 Å². The summed E-state index contributed by atoms with van der Waals surface area (Å²) in [6.07, 6.45) is 13.0. The van der Waals surface area contributed by atoms with Gasteiger partial charge in [0.1, 0.15) is 0 Å². The van der Waals surface area contributed by atoms with Gasteiger partial charge in [0.25, 0.3) is 0 Å². The molecule has 0 radical (unpaired) electrons. The van der Waals surface area contributed by atoms with Crippen LogP contribution < -0.4 is 0 Å². The van der Waals surface area contributed by atoms with Crippen LogP contribution in [0.3, 0.4) is 0 Å². The van der Waals surface area contributed by atoms with Crippen molar-refractivity contribution in [3.8, 4) is 11.8 Å². The fourth-order valence-corrected chi connectivity index (χ4v) is 3.56. The number of hydrogen-bond acceptors (Lipinski definition) is 0. The minimum atomic E-state index is 0.949. The summed E-state index contributed by atoms with van der Waals surface area (Å²) in [4.78, 5) is 0. The van der Waals surface area contributed by atoms with Crippen molar-refractivity contribution in [2.75, 3.05) is 0 Å². The van der Waals surface area contributed by atoms with Crippen LogP contribution in [0.25, 0.3) is 5.57 Å². The average molecular weight is 599 g/mol. The van der Waals surface area contributed by atoms with Crippen molar-refractivity contribution in [3.63, 3.8) is 0 Å². The van der Waals surface area contributed by atoms with E-state index in [1.54, 1.807) is 6.08 Å². The number of aryl methyl sites for hydroxylation is 1. The molecule has 0 aromatic heterocycles. The van der Waals surface area contributed by atoms with Crippen molar-refractivity contribution in [1.29, 1.82) is 0 Å². The van der Waals surface area contributed by atoms with Crippen LogP contribution in [0.2, 0.25) is 0 Å². The Balaban J connectivity index is -0.000000247. The smallest absolute Gasteiger partial charge is 0.00271 e. The SMILES string of the molecule is C=CC.CC.CC.CC#CC.CCC=C(c1ccccc1)c1ccccc1.CCCC(C)CC.CCCCc1ccccc1. The second-order valence-corrected chi connectivity index (χ2v) is 9.56. The second-order valence-electron chi connectivity index (χ2n) is 9.56. The normalized spacial score (nSPS) is 8.91. The zero-order valence-corrected chi connectivity index (χ0v) is 31.0. The van der Waals surface area contributed by atoms with Gasteiger partial charge >= 0.3 is 0 Å². The molecule has 1 atom stereocenters. The third-order valence-electron chi connectivity index (χ3n) is 5.97. The van der Waals surface area contributed by atoms with Gasteiger partial charge in [-0.1, -0.05) is 191 Å². The highest BCUT2D eigenvalue weighted by Crippen LogP contribution is 2.23. The molecule has 0 N–H and O–H groups in total. The van der Waals surface area contributed by atoms with E-state index in [0.717, 1.165) is 12.3 Å². The molecule has 0 bridgehead atoms. The lowest BCUT2D eigenvalue weighted by molar-refractivity contribution is 0.509. The van der Waals surface area contributed by atoms with Crippen molar-refractivity contribution in [2.24, 2.45) is 5.92 Å². The first kappa shape index (κ1) is 47.6. The number of hydrogen-bond donors (Lipinski definition) is 0. The Bertz CT molecular complexity index is 954. The minimum absolute atomic E-state index is 0.949. The highest BCUT2D eigenvalue weighted by Gasteiger charge is 2.02. The predicted molar refractivity (Wildman–Crippen MR) is 207 cm³/mol. The van der Waals surface area contributed by atoms with Crippen LogP contribution >= 0.6 is 0 Å². The molecule has 0 amide bonds. The van der Waals surface area contributed by atoms with Gasteiger partial charge in [-0.3, -0.25) is 0 Å². The van der Waals surface area contributed by atoms with Crippen LogP contribution in [0, 0.1) is 17.8 Å². The van der Waals surface area contributed by atoms with Gasteiger partial charge in [0.15, 0.2) is 0 Å². The van der Waals surface area contributed by atoms with Crippen LogP contribution in [0.5, 0.6) is 0 Å². The summed E-state index contributed by atoms with van der Waals surface area (Å²) in [6, 6.07) is 31.7. The lowest BCUT2D eigenvalue weighted by Gasteiger charge is -2.07. The van der Waals surface area contributed by atoms with Gasteiger partial charge in [0.2, 0.25) is 0 Å². The molecule has 0 aliphatic heterocycles. The van der Waals surface area contributed by atoms with Crippen LogP contribution in [-0.2, 0) is 6.42 Å². The van der Waals surface area contributed by atoms with Crippen molar-refractivity contribution >= 4 is 5.57 Å². The monoisotopic (exact) mass is 599 g/mol. The van der Waals surface area contributed by atoms with Gasteiger partial charge in [-0.15, -0.1) is 18.4 Å². The highest BCUT2D eigenvalue weighted by atomic mass is 14.1. The molecule has 0 nitrogen and oxygen atoms in total. The van der Waals surface area contributed by atoms with E-state index in [4.69, 9.17) is 0 Å². The number of rotatable bonds is 9. The first-order valence-electron chi connectivity index (χ1n) is 17.2. The van der Waals surface area contributed by atoms with Crippen molar-refractivity contribution in [1.82, 2.24) is 0 Å². The standard InChI is InChI=1S/C16H16.C10H14.C7H16.C4H6.C3H6.2C2H6/c1-2-9-16(14-10-5-3-6-11-14)15-12-7-4-8-13-15;1-2-3-7-10-8-5-4-6-9-10;1-4-6-7(3)5-2;1-3-4-2;1-3-2;2*1-2/h3-13H,2H2,1H3;4-6,8-9H,2-3,7H2,1H3;7H,4-6H2,1-3H3;1-2H3;3H,1H2,2H3;2*1-2H3. The first-order chi connectivity index (χ1) is 21.5. The molecule has 0 saturated heterocycles. The Morgan fingerprint density at radius 3 is 1.34 bits per heavy atom. The van der Waals surface area contributed by atoms with Crippen LogP contribution in [0.1, 0.15) is 138 Å². The molecule has 0 heterocycles. The maximum absolute atomic E-state index is 3.36. The Morgan fingerprint density at radius 2 is 1.07 bits per heavy atom. The maximum Gasteiger partial charge on any atom is -0.00271 e. The van der Waals surface area contributed by atoms with E-state index in [-0.39, 0.29) is 0 Å². The molecular weight excluding hydrogens is 528 g/mol. The van der Waals surface area contributed by atoms with E-state index in [1.807, 2.05) is 48.5 Å². The van der Waals surface area contributed by atoms with Crippen LogP contribution in [-0.4, -0.2) is 0 Å². The van der Waals surface area contributed by atoms with E-state index >= 15 is 0 Å². The molecule has 1 unspecified atom stereocenters. The highest BCUT2D eigenvalue weighted by molar-refractivity contribution is 5.79. The molecule has 0 aliphatic rings. The summed E-state index contributed by atoms with van der Waals surface area (Å²) in [5.74, 6) is 6.31. The molecule has 0 fully saturated rings. The Labute approximate surface area is 277 Å².